The topological polar surface area (TPSA) is 112 Å². The van der Waals surface area contributed by atoms with Crippen molar-refractivity contribution in [2.75, 3.05) is 12.3 Å². The first-order valence-electron chi connectivity index (χ1n) is 15.2. The monoisotopic (exact) mass is 561 g/mol. The van der Waals surface area contributed by atoms with Crippen molar-refractivity contribution in [3.05, 3.63) is 54.0 Å². The number of aromatic nitrogens is 2. The number of hydrogen-bond acceptors (Lipinski definition) is 8. The lowest BCUT2D eigenvalue weighted by Crippen LogP contribution is -2.65. The number of anilines is 1. The largest absolute Gasteiger partial charge is 0.478 e. The van der Waals surface area contributed by atoms with E-state index in [0.29, 0.717) is 24.3 Å². The van der Waals surface area contributed by atoms with E-state index >= 15 is 0 Å². The Labute approximate surface area is 244 Å². The van der Waals surface area contributed by atoms with Gasteiger partial charge in [-0.1, -0.05) is 58.0 Å². The summed E-state index contributed by atoms with van der Waals surface area (Å²) < 4.78 is 13.7. The molecule has 3 saturated carbocycles. The number of hydrogen-bond donors (Lipinski definition) is 2. The van der Waals surface area contributed by atoms with E-state index in [1.807, 2.05) is 6.07 Å². The summed E-state index contributed by atoms with van der Waals surface area (Å²) in [6.45, 7) is 11.9. The normalized spacial score (nSPS) is 32.9. The van der Waals surface area contributed by atoms with Gasteiger partial charge in [0.2, 0.25) is 0 Å². The zero-order chi connectivity index (χ0) is 28.9. The van der Waals surface area contributed by atoms with Crippen LogP contribution in [0.4, 0.5) is 5.82 Å². The molecule has 7 atom stereocenters. The highest BCUT2D eigenvalue weighted by molar-refractivity contribution is 6.47. The number of nitrogens with zero attached hydrogens (tertiary/aromatic N) is 3. The van der Waals surface area contributed by atoms with Crippen LogP contribution in [0.25, 0.3) is 0 Å². The standard InChI is InChI=1S/C31H44BN5O4/c1-19(2)13-26(32-39-25-16-21-15-24(30(21,3)4)31(25,5)41-32)37-22(17-23(40-37)14-20-9-7-6-8-10-20)18-36-29(38)27-28(33)35-12-11-34-27/h6-12,19,21-26H,13-18H2,1-5H3,(H2,33,35)(H,36,38)/t21-,22?,23?,24-,25+,26-,31-/m0/s1. The van der Waals surface area contributed by atoms with E-state index in [4.69, 9.17) is 19.9 Å². The Balaban J connectivity index is 1.23. The number of nitrogens with one attached hydrogen (secondary N) is 1. The number of nitrogens with two attached hydrogens (primary N) is 1. The third-order valence-electron chi connectivity index (χ3n) is 10.2. The average Bonchev–Trinajstić information content (AvgIpc) is 3.50. The lowest BCUT2D eigenvalue weighted by atomic mass is 9.43. The van der Waals surface area contributed by atoms with Gasteiger partial charge in [-0.2, -0.15) is 5.06 Å². The molecule has 2 aliphatic heterocycles. The lowest BCUT2D eigenvalue weighted by Gasteiger charge is -2.64. The smallest absolute Gasteiger partial charge is 0.404 e. The van der Waals surface area contributed by atoms with Crippen LogP contribution in [0.1, 0.15) is 76.4 Å². The highest BCUT2D eigenvalue weighted by Gasteiger charge is 2.69. The second-order valence-electron chi connectivity index (χ2n) is 13.7. The van der Waals surface area contributed by atoms with E-state index in [-0.39, 0.29) is 52.6 Å². The fourth-order valence-electron chi connectivity index (χ4n) is 7.93. The second kappa shape index (κ2) is 11.0. The Morgan fingerprint density at radius 3 is 2.61 bits per heavy atom. The SMILES string of the molecule is CC(C)C[C@@H](B1O[C@@H]2C[C@@H]3C[C@@H](C3(C)C)[C@]2(C)O1)N1OC(Cc2ccccc2)CC1CNC(=O)c1nccnc1N. The summed E-state index contributed by atoms with van der Waals surface area (Å²) in [5.74, 6) is 1.25. The quantitative estimate of drug-likeness (QED) is 0.441. The van der Waals surface area contributed by atoms with E-state index in [1.54, 1.807) is 0 Å². The van der Waals surface area contributed by atoms with Crippen molar-refractivity contribution in [3.63, 3.8) is 0 Å². The third kappa shape index (κ3) is 5.28. The summed E-state index contributed by atoms with van der Waals surface area (Å²) in [4.78, 5) is 27.9. The van der Waals surface area contributed by atoms with Crippen molar-refractivity contribution in [1.29, 1.82) is 0 Å². The first-order chi connectivity index (χ1) is 19.6. The zero-order valence-electron chi connectivity index (χ0n) is 25.0. The number of hydroxylamine groups is 2. The Kier molecular flexibility index (Phi) is 7.64. The Bertz CT molecular complexity index is 1250. The Morgan fingerprint density at radius 1 is 1.15 bits per heavy atom. The van der Waals surface area contributed by atoms with Gasteiger partial charge in [-0.05, 0) is 61.3 Å². The maximum absolute atomic E-state index is 13.0. The van der Waals surface area contributed by atoms with E-state index in [2.05, 4.69) is 79.2 Å². The van der Waals surface area contributed by atoms with E-state index in [9.17, 15) is 4.79 Å². The summed E-state index contributed by atoms with van der Waals surface area (Å²) in [6.07, 6.45) is 7.69. The van der Waals surface area contributed by atoms with E-state index in [0.717, 1.165) is 25.7 Å². The molecule has 220 valence electrons. The molecule has 3 heterocycles. The molecule has 2 unspecified atom stereocenters. The van der Waals surface area contributed by atoms with Crippen molar-refractivity contribution in [2.24, 2.45) is 23.2 Å². The second-order valence-corrected chi connectivity index (χ2v) is 13.7. The minimum atomic E-state index is -0.396. The molecule has 2 bridgehead atoms. The molecule has 7 rings (SSSR count). The van der Waals surface area contributed by atoms with Crippen LogP contribution in [0.5, 0.6) is 0 Å². The number of nitrogen functional groups attached to an aromatic ring is 1. The number of carbonyl (C=O) groups is 1. The number of rotatable bonds is 9. The zero-order valence-corrected chi connectivity index (χ0v) is 25.0. The third-order valence-corrected chi connectivity index (χ3v) is 10.2. The minimum Gasteiger partial charge on any atom is -0.404 e. The van der Waals surface area contributed by atoms with Crippen molar-refractivity contribution in [1.82, 2.24) is 20.3 Å². The molecule has 0 spiro atoms. The van der Waals surface area contributed by atoms with Crippen molar-refractivity contribution < 1.29 is 18.9 Å². The van der Waals surface area contributed by atoms with Crippen LogP contribution in [0.2, 0.25) is 0 Å². The highest BCUT2D eigenvalue weighted by atomic mass is 16.7. The predicted molar refractivity (Wildman–Crippen MR) is 157 cm³/mol. The van der Waals surface area contributed by atoms with Crippen molar-refractivity contribution >= 4 is 18.8 Å². The number of benzene rings is 1. The van der Waals surface area contributed by atoms with Gasteiger partial charge < -0.3 is 20.4 Å². The summed E-state index contributed by atoms with van der Waals surface area (Å²) in [5, 5.41) is 5.14. The molecule has 9 nitrogen and oxygen atoms in total. The van der Waals surface area contributed by atoms with Gasteiger partial charge in [-0.3, -0.25) is 9.63 Å². The summed E-state index contributed by atoms with van der Waals surface area (Å²) in [7, 11) is -0.396. The molecule has 1 amide bonds. The molecular weight excluding hydrogens is 517 g/mol. The highest BCUT2D eigenvalue weighted by Crippen LogP contribution is 2.66. The lowest BCUT2D eigenvalue weighted by molar-refractivity contribution is -0.200. The number of carbonyl (C=O) groups excluding carboxylic acids is 1. The summed E-state index contributed by atoms with van der Waals surface area (Å²) >= 11 is 0. The van der Waals surface area contributed by atoms with Gasteiger partial charge in [0.05, 0.1) is 29.8 Å². The summed E-state index contributed by atoms with van der Waals surface area (Å²) in [5.41, 5.74) is 7.27. The van der Waals surface area contributed by atoms with Crippen LogP contribution >= 0.6 is 0 Å². The molecule has 5 fully saturated rings. The van der Waals surface area contributed by atoms with Crippen molar-refractivity contribution in [3.8, 4) is 0 Å². The molecule has 1 aromatic heterocycles. The molecule has 0 radical (unpaired) electrons. The molecule has 5 aliphatic rings. The summed E-state index contributed by atoms with van der Waals surface area (Å²) in [6, 6.07) is 10.3. The fourth-order valence-corrected chi connectivity index (χ4v) is 7.93. The molecule has 3 aliphatic carbocycles. The maximum Gasteiger partial charge on any atom is 0.478 e. The minimum absolute atomic E-state index is 0.0263. The van der Waals surface area contributed by atoms with E-state index < -0.39 is 7.12 Å². The van der Waals surface area contributed by atoms with Gasteiger partial charge in [0.15, 0.2) is 11.5 Å². The van der Waals surface area contributed by atoms with Crippen LogP contribution in [-0.2, 0) is 20.6 Å². The first kappa shape index (κ1) is 28.6. The van der Waals surface area contributed by atoms with E-state index in [1.165, 1.54) is 24.4 Å². The first-order valence-corrected chi connectivity index (χ1v) is 15.2. The number of amides is 1. The van der Waals surface area contributed by atoms with Crippen LogP contribution in [0.15, 0.2) is 42.7 Å². The van der Waals surface area contributed by atoms with Gasteiger partial charge in [0.1, 0.15) is 0 Å². The van der Waals surface area contributed by atoms with Gasteiger partial charge in [0, 0.05) is 25.4 Å². The maximum atomic E-state index is 13.0. The molecule has 2 saturated heterocycles. The van der Waals surface area contributed by atoms with Gasteiger partial charge >= 0.3 is 7.12 Å². The molecular formula is C31H44BN5O4. The average molecular weight is 562 g/mol. The fraction of sp³-hybridized carbons (Fsp3) is 0.645. The van der Waals surface area contributed by atoms with Crippen LogP contribution in [0.3, 0.4) is 0 Å². The Hall–Kier alpha value is -2.53. The van der Waals surface area contributed by atoms with Gasteiger partial charge in [-0.25, -0.2) is 9.97 Å². The van der Waals surface area contributed by atoms with Gasteiger partial charge in [0.25, 0.3) is 5.91 Å². The predicted octanol–water partition coefficient (Wildman–Crippen LogP) is 4.09. The molecule has 1 aromatic carbocycles. The van der Waals surface area contributed by atoms with Crippen LogP contribution in [-0.4, -0.2) is 64.4 Å². The Morgan fingerprint density at radius 2 is 1.90 bits per heavy atom. The molecule has 10 heteroatoms. The molecule has 41 heavy (non-hydrogen) atoms. The van der Waals surface area contributed by atoms with Crippen molar-refractivity contribution in [2.45, 2.75) is 96.5 Å². The van der Waals surface area contributed by atoms with Crippen LogP contribution < -0.4 is 11.1 Å². The van der Waals surface area contributed by atoms with Gasteiger partial charge in [-0.15, -0.1) is 0 Å². The molecule has 3 N–H and O–H groups in total. The molecule has 2 aromatic rings. The van der Waals surface area contributed by atoms with Crippen LogP contribution in [0, 0.1) is 23.2 Å².